The van der Waals surface area contributed by atoms with Crippen molar-refractivity contribution in [2.45, 2.75) is 18.4 Å². The minimum Gasteiger partial charge on any atom is -0.335 e. The van der Waals surface area contributed by atoms with Crippen molar-refractivity contribution in [2.24, 2.45) is 0 Å². The minimum atomic E-state index is -3.94. The summed E-state index contributed by atoms with van der Waals surface area (Å²) in [5, 5.41) is 0.264. The van der Waals surface area contributed by atoms with E-state index in [2.05, 4.69) is 4.72 Å². The number of nitrogens with zero attached hydrogens (tertiary/aromatic N) is 1. The van der Waals surface area contributed by atoms with E-state index in [1.165, 1.54) is 35.2 Å². The molecule has 0 heterocycles. The Bertz CT molecular complexity index is 1170. The van der Waals surface area contributed by atoms with Crippen molar-refractivity contribution in [3.63, 3.8) is 0 Å². The van der Waals surface area contributed by atoms with Gasteiger partial charge in [0.25, 0.3) is 15.9 Å². The predicted octanol–water partition coefficient (Wildman–Crippen LogP) is 4.94. The van der Waals surface area contributed by atoms with Crippen LogP contribution in [0.5, 0.6) is 0 Å². The van der Waals surface area contributed by atoms with E-state index in [0.29, 0.717) is 12.1 Å². The molecule has 0 aliphatic heterocycles. The number of carbonyl (C=O) groups is 1. The minimum absolute atomic E-state index is 0.0601. The van der Waals surface area contributed by atoms with Gasteiger partial charge in [0.15, 0.2) is 0 Å². The average molecular weight is 447 g/mol. The SMILES string of the molecule is CCN(Cc1cccc(F)c1)C(=O)c1cccc(S(=O)(=O)Nc2ccccc2Cl)c1. The Kier molecular flexibility index (Phi) is 6.74. The quantitative estimate of drug-likeness (QED) is 0.558. The zero-order chi connectivity index (χ0) is 21.7. The highest BCUT2D eigenvalue weighted by molar-refractivity contribution is 7.92. The summed E-state index contributed by atoms with van der Waals surface area (Å²) in [7, 11) is -3.94. The molecule has 156 valence electrons. The van der Waals surface area contributed by atoms with Crippen LogP contribution >= 0.6 is 11.6 Å². The molecule has 3 aromatic rings. The van der Waals surface area contributed by atoms with Crippen LogP contribution in [0.15, 0.2) is 77.7 Å². The highest BCUT2D eigenvalue weighted by Gasteiger charge is 2.20. The van der Waals surface area contributed by atoms with Gasteiger partial charge in [-0.05, 0) is 55.0 Å². The maximum absolute atomic E-state index is 13.5. The van der Waals surface area contributed by atoms with Crippen molar-refractivity contribution in [1.29, 1.82) is 0 Å². The summed E-state index contributed by atoms with van der Waals surface area (Å²) in [6, 6.07) is 18.3. The molecular weight excluding hydrogens is 427 g/mol. The first-order valence-corrected chi connectivity index (χ1v) is 11.1. The normalized spacial score (nSPS) is 11.2. The van der Waals surface area contributed by atoms with Crippen LogP contribution in [0.2, 0.25) is 5.02 Å². The molecule has 0 spiro atoms. The predicted molar refractivity (Wildman–Crippen MR) is 116 cm³/mol. The summed E-state index contributed by atoms with van der Waals surface area (Å²) >= 11 is 6.03. The Hall–Kier alpha value is -2.90. The molecule has 0 saturated heterocycles. The van der Waals surface area contributed by atoms with Crippen molar-refractivity contribution < 1.29 is 17.6 Å². The maximum Gasteiger partial charge on any atom is 0.261 e. The third kappa shape index (κ3) is 5.17. The van der Waals surface area contributed by atoms with E-state index in [1.54, 1.807) is 49.4 Å². The lowest BCUT2D eigenvalue weighted by Gasteiger charge is -2.21. The number of nitrogens with one attached hydrogen (secondary N) is 1. The Balaban J connectivity index is 1.84. The lowest BCUT2D eigenvalue weighted by molar-refractivity contribution is 0.0752. The third-order valence-corrected chi connectivity index (χ3v) is 6.13. The zero-order valence-electron chi connectivity index (χ0n) is 16.2. The first-order valence-electron chi connectivity index (χ1n) is 9.21. The number of amides is 1. The van der Waals surface area contributed by atoms with Gasteiger partial charge in [-0.3, -0.25) is 9.52 Å². The largest absolute Gasteiger partial charge is 0.335 e. The number of halogens is 2. The summed E-state index contributed by atoms with van der Waals surface area (Å²) in [4.78, 5) is 14.4. The van der Waals surface area contributed by atoms with E-state index in [0.717, 1.165) is 0 Å². The first-order chi connectivity index (χ1) is 14.3. The highest BCUT2D eigenvalue weighted by Crippen LogP contribution is 2.24. The van der Waals surface area contributed by atoms with Gasteiger partial charge in [-0.25, -0.2) is 12.8 Å². The molecule has 0 aromatic heterocycles. The number of rotatable bonds is 7. The maximum atomic E-state index is 13.5. The second kappa shape index (κ2) is 9.28. The van der Waals surface area contributed by atoms with Crippen LogP contribution in [0, 0.1) is 5.82 Å². The van der Waals surface area contributed by atoms with Crippen molar-refractivity contribution in [3.8, 4) is 0 Å². The fourth-order valence-corrected chi connectivity index (χ4v) is 4.27. The summed E-state index contributed by atoms with van der Waals surface area (Å²) in [6.07, 6.45) is 0. The fourth-order valence-electron chi connectivity index (χ4n) is 2.91. The topological polar surface area (TPSA) is 66.5 Å². The van der Waals surface area contributed by atoms with Crippen molar-refractivity contribution >= 4 is 33.2 Å². The van der Waals surface area contributed by atoms with Gasteiger partial charge in [-0.15, -0.1) is 0 Å². The third-order valence-electron chi connectivity index (χ3n) is 4.44. The Morgan fingerprint density at radius 3 is 2.47 bits per heavy atom. The van der Waals surface area contributed by atoms with Crippen LogP contribution in [-0.4, -0.2) is 25.8 Å². The summed E-state index contributed by atoms with van der Waals surface area (Å²) in [5.41, 5.74) is 1.11. The van der Waals surface area contributed by atoms with Gasteiger partial charge in [-0.1, -0.05) is 41.9 Å². The van der Waals surface area contributed by atoms with Crippen LogP contribution in [0.4, 0.5) is 10.1 Å². The van der Waals surface area contributed by atoms with E-state index in [-0.39, 0.29) is 39.4 Å². The number of carbonyl (C=O) groups excluding carboxylic acids is 1. The van der Waals surface area contributed by atoms with Crippen molar-refractivity contribution in [3.05, 3.63) is 94.8 Å². The highest BCUT2D eigenvalue weighted by atomic mass is 35.5. The van der Waals surface area contributed by atoms with E-state index in [4.69, 9.17) is 11.6 Å². The molecule has 1 amide bonds. The molecule has 3 aromatic carbocycles. The molecule has 3 rings (SSSR count). The van der Waals surface area contributed by atoms with Gasteiger partial charge in [-0.2, -0.15) is 0 Å². The first kappa shape index (κ1) is 21.8. The second-order valence-corrected chi connectivity index (χ2v) is 8.65. The number of benzene rings is 3. The van der Waals surface area contributed by atoms with E-state index < -0.39 is 10.0 Å². The lowest BCUT2D eigenvalue weighted by Crippen LogP contribution is -2.30. The summed E-state index contributed by atoms with van der Waals surface area (Å²) in [6.45, 7) is 2.39. The molecule has 0 unspecified atom stereocenters. The van der Waals surface area contributed by atoms with Gasteiger partial charge in [0.1, 0.15) is 5.82 Å². The number of sulfonamides is 1. The average Bonchev–Trinajstić information content (AvgIpc) is 2.73. The molecular formula is C22H20ClFN2O3S. The second-order valence-electron chi connectivity index (χ2n) is 6.56. The smallest absolute Gasteiger partial charge is 0.261 e. The zero-order valence-corrected chi connectivity index (χ0v) is 17.8. The van der Waals surface area contributed by atoms with Gasteiger partial charge in [0, 0.05) is 18.7 Å². The molecule has 1 N–H and O–H groups in total. The van der Waals surface area contributed by atoms with Crippen LogP contribution < -0.4 is 4.72 Å². The van der Waals surface area contributed by atoms with E-state index >= 15 is 0 Å². The van der Waals surface area contributed by atoms with Crippen LogP contribution in [0.25, 0.3) is 0 Å². The summed E-state index contributed by atoms with van der Waals surface area (Å²) < 4.78 is 41.4. The molecule has 5 nitrogen and oxygen atoms in total. The fraction of sp³-hybridized carbons (Fsp3) is 0.136. The molecule has 0 bridgehead atoms. The number of hydrogen-bond donors (Lipinski definition) is 1. The molecule has 8 heteroatoms. The van der Waals surface area contributed by atoms with E-state index in [1.807, 2.05) is 0 Å². The molecule has 0 atom stereocenters. The summed E-state index contributed by atoms with van der Waals surface area (Å²) in [5.74, 6) is -0.730. The van der Waals surface area contributed by atoms with Crippen molar-refractivity contribution in [2.75, 3.05) is 11.3 Å². The Morgan fingerprint density at radius 2 is 1.77 bits per heavy atom. The van der Waals surface area contributed by atoms with Crippen LogP contribution in [0.3, 0.4) is 0 Å². The number of anilines is 1. The molecule has 0 aliphatic carbocycles. The number of para-hydroxylation sites is 1. The lowest BCUT2D eigenvalue weighted by atomic mass is 10.1. The van der Waals surface area contributed by atoms with Crippen LogP contribution in [-0.2, 0) is 16.6 Å². The molecule has 30 heavy (non-hydrogen) atoms. The van der Waals surface area contributed by atoms with Gasteiger partial charge in [0.2, 0.25) is 0 Å². The monoisotopic (exact) mass is 446 g/mol. The van der Waals surface area contributed by atoms with Gasteiger partial charge < -0.3 is 4.90 Å². The molecule has 0 saturated carbocycles. The van der Waals surface area contributed by atoms with Crippen molar-refractivity contribution in [1.82, 2.24) is 4.90 Å². The Labute approximate surface area is 180 Å². The van der Waals surface area contributed by atoms with Gasteiger partial charge in [0.05, 0.1) is 15.6 Å². The number of hydrogen-bond acceptors (Lipinski definition) is 3. The van der Waals surface area contributed by atoms with Crippen LogP contribution in [0.1, 0.15) is 22.8 Å². The van der Waals surface area contributed by atoms with E-state index in [9.17, 15) is 17.6 Å². The Morgan fingerprint density at radius 1 is 1.03 bits per heavy atom. The molecule has 0 fully saturated rings. The standard InChI is InChI=1S/C22H20ClFN2O3S/c1-2-26(15-16-7-5-9-18(24)13-16)22(27)17-8-6-10-19(14-17)30(28,29)25-21-12-4-3-11-20(21)23/h3-14,25H,2,15H2,1H3. The molecule has 0 radical (unpaired) electrons. The molecule has 0 aliphatic rings. The van der Waals surface area contributed by atoms with Gasteiger partial charge >= 0.3 is 0 Å².